The third kappa shape index (κ3) is 6.66. The molecule has 32 heavy (non-hydrogen) atoms. The van der Waals surface area contributed by atoms with E-state index in [0.29, 0.717) is 11.5 Å². The van der Waals surface area contributed by atoms with E-state index in [4.69, 9.17) is 14.2 Å². The second kappa shape index (κ2) is 11.1. The van der Waals surface area contributed by atoms with Gasteiger partial charge in [0, 0.05) is 23.4 Å². The largest absolute Gasteiger partial charge is 0.497 e. The van der Waals surface area contributed by atoms with Gasteiger partial charge in [-0.1, -0.05) is 13.8 Å². The van der Waals surface area contributed by atoms with Gasteiger partial charge in [-0.25, -0.2) is 13.6 Å². The first-order valence-corrected chi connectivity index (χ1v) is 9.60. The van der Waals surface area contributed by atoms with Crippen LogP contribution in [0, 0.1) is 17.6 Å². The summed E-state index contributed by atoms with van der Waals surface area (Å²) in [5, 5.41) is 4.86. The molecule has 0 saturated carbocycles. The summed E-state index contributed by atoms with van der Waals surface area (Å²) in [6.45, 7) is 2.71. The fraction of sp³-hybridized carbons (Fsp3) is 0.318. The van der Waals surface area contributed by atoms with E-state index in [1.54, 1.807) is 19.9 Å². The zero-order valence-electron chi connectivity index (χ0n) is 18.0. The van der Waals surface area contributed by atoms with Crippen LogP contribution >= 0.6 is 0 Å². The van der Waals surface area contributed by atoms with Crippen molar-refractivity contribution in [1.82, 2.24) is 5.32 Å². The molecule has 0 aliphatic carbocycles. The molecule has 10 heteroatoms. The topological polar surface area (TPSA) is 103 Å². The maximum atomic E-state index is 13.2. The summed E-state index contributed by atoms with van der Waals surface area (Å²) in [7, 11) is 2.88. The SMILES string of the molecule is COc1cc(OC)cc(C(=O)N[C@@H](C(=O)OCC(=O)Nc2ccc(F)c(F)c2)C(C)C)c1. The number of carbonyl (C=O) groups excluding carboxylic acids is 3. The van der Waals surface area contributed by atoms with Crippen LogP contribution in [0.2, 0.25) is 0 Å². The number of nitrogens with one attached hydrogen (secondary N) is 2. The van der Waals surface area contributed by atoms with E-state index in [1.807, 2.05) is 0 Å². The molecular formula is C22H24F2N2O6. The van der Waals surface area contributed by atoms with Crippen molar-refractivity contribution in [2.75, 3.05) is 26.1 Å². The number of rotatable bonds is 9. The molecular weight excluding hydrogens is 426 g/mol. The van der Waals surface area contributed by atoms with Crippen LogP contribution in [0.3, 0.4) is 0 Å². The first-order chi connectivity index (χ1) is 15.1. The monoisotopic (exact) mass is 450 g/mol. The van der Waals surface area contributed by atoms with Crippen molar-refractivity contribution >= 4 is 23.5 Å². The average Bonchev–Trinajstić information content (AvgIpc) is 2.77. The maximum Gasteiger partial charge on any atom is 0.329 e. The van der Waals surface area contributed by atoms with Crippen LogP contribution in [0.25, 0.3) is 0 Å². The van der Waals surface area contributed by atoms with Crippen molar-refractivity contribution in [3.05, 3.63) is 53.6 Å². The smallest absolute Gasteiger partial charge is 0.329 e. The van der Waals surface area contributed by atoms with E-state index in [9.17, 15) is 23.2 Å². The van der Waals surface area contributed by atoms with Crippen molar-refractivity contribution in [2.45, 2.75) is 19.9 Å². The summed E-state index contributed by atoms with van der Waals surface area (Å²) >= 11 is 0. The third-order valence-electron chi connectivity index (χ3n) is 4.37. The van der Waals surface area contributed by atoms with Crippen LogP contribution < -0.4 is 20.1 Å². The fourth-order valence-electron chi connectivity index (χ4n) is 2.66. The molecule has 0 heterocycles. The maximum absolute atomic E-state index is 13.2. The minimum atomic E-state index is -1.13. The van der Waals surface area contributed by atoms with E-state index < -0.39 is 42.1 Å². The Labute approximate surface area is 183 Å². The van der Waals surface area contributed by atoms with Gasteiger partial charge in [0.25, 0.3) is 11.8 Å². The molecule has 2 aromatic rings. The summed E-state index contributed by atoms with van der Waals surface area (Å²) < 4.78 is 41.5. The molecule has 0 bridgehead atoms. The van der Waals surface area contributed by atoms with Gasteiger partial charge in [0.1, 0.15) is 17.5 Å². The number of esters is 1. The van der Waals surface area contributed by atoms with E-state index in [1.165, 1.54) is 26.4 Å². The lowest BCUT2D eigenvalue weighted by molar-refractivity contribution is -0.150. The van der Waals surface area contributed by atoms with Gasteiger partial charge in [0.2, 0.25) is 0 Å². The molecule has 0 spiro atoms. The summed E-state index contributed by atoms with van der Waals surface area (Å²) in [6, 6.07) is 6.33. The molecule has 0 unspecified atom stereocenters. The second-order valence-corrected chi connectivity index (χ2v) is 7.08. The standard InChI is InChI=1S/C22H24F2N2O6/c1-12(2)20(26-21(28)13-7-15(30-3)10-16(8-13)31-4)22(29)32-11-19(27)25-14-5-6-17(23)18(24)9-14/h5-10,12,20H,11H2,1-4H3,(H,25,27)(H,26,28)/t20-/m1/s1. The van der Waals surface area contributed by atoms with Crippen molar-refractivity contribution in [1.29, 1.82) is 0 Å². The van der Waals surface area contributed by atoms with Crippen molar-refractivity contribution < 1.29 is 37.4 Å². The van der Waals surface area contributed by atoms with Gasteiger partial charge in [-0.05, 0) is 30.2 Å². The third-order valence-corrected chi connectivity index (χ3v) is 4.37. The van der Waals surface area contributed by atoms with Crippen molar-refractivity contribution in [2.24, 2.45) is 5.92 Å². The molecule has 8 nitrogen and oxygen atoms in total. The Morgan fingerprint density at radius 1 is 0.938 bits per heavy atom. The number of benzene rings is 2. The number of methoxy groups -OCH3 is 2. The van der Waals surface area contributed by atoms with E-state index in [-0.39, 0.29) is 17.2 Å². The highest BCUT2D eigenvalue weighted by atomic mass is 19.2. The minimum absolute atomic E-state index is 0.00522. The highest BCUT2D eigenvalue weighted by molar-refractivity contribution is 5.98. The minimum Gasteiger partial charge on any atom is -0.497 e. The molecule has 0 aliphatic rings. The Hall–Kier alpha value is -3.69. The van der Waals surface area contributed by atoms with Crippen LogP contribution in [0.15, 0.2) is 36.4 Å². The molecule has 0 aromatic heterocycles. The van der Waals surface area contributed by atoms with Gasteiger partial charge < -0.3 is 24.8 Å². The Bertz CT molecular complexity index is 974. The number of hydrogen-bond acceptors (Lipinski definition) is 6. The van der Waals surface area contributed by atoms with E-state index in [0.717, 1.165) is 18.2 Å². The number of ether oxygens (including phenoxy) is 3. The van der Waals surface area contributed by atoms with Gasteiger partial charge in [-0.15, -0.1) is 0 Å². The van der Waals surface area contributed by atoms with Crippen molar-refractivity contribution in [3.8, 4) is 11.5 Å². The van der Waals surface area contributed by atoms with Crippen LogP contribution in [0.1, 0.15) is 24.2 Å². The Morgan fingerprint density at radius 2 is 1.56 bits per heavy atom. The Morgan fingerprint density at radius 3 is 2.09 bits per heavy atom. The first-order valence-electron chi connectivity index (χ1n) is 9.60. The van der Waals surface area contributed by atoms with E-state index >= 15 is 0 Å². The predicted molar refractivity (Wildman–Crippen MR) is 112 cm³/mol. The predicted octanol–water partition coefficient (Wildman–Crippen LogP) is 2.92. The highest BCUT2D eigenvalue weighted by Crippen LogP contribution is 2.22. The van der Waals surface area contributed by atoms with Gasteiger partial charge in [0.05, 0.1) is 14.2 Å². The average molecular weight is 450 g/mol. The van der Waals surface area contributed by atoms with Gasteiger partial charge in [-0.3, -0.25) is 9.59 Å². The number of hydrogen-bond donors (Lipinski definition) is 2. The fourth-order valence-corrected chi connectivity index (χ4v) is 2.66. The Balaban J connectivity index is 2.00. The molecule has 2 N–H and O–H groups in total. The van der Waals surface area contributed by atoms with Crippen LogP contribution in [0.5, 0.6) is 11.5 Å². The molecule has 2 aromatic carbocycles. The molecule has 1 atom stereocenters. The number of carbonyl (C=O) groups is 3. The first kappa shape index (κ1) is 24.6. The lowest BCUT2D eigenvalue weighted by atomic mass is 10.0. The Kier molecular flexibility index (Phi) is 8.51. The zero-order valence-corrected chi connectivity index (χ0v) is 18.0. The normalized spacial score (nSPS) is 11.5. The van der Waals surface area contributed by atoms with Gasteiger partial charge >= 0.3 is 5.97 Å². The lowest BCUT2D eigenvalue weighted by Crippen LogP contribution is -2.46. The molecule has 2 rings (SSSR count). The molecule has 0 saturated heterocycles. The van der Waals surface area contributed by atoms with Crippen LogP contribution in [0.4, 0.5) is 14.5 Å². The van der Waals surface area contributed by atoms with Crippen molar-refractivity contribution in [3.63, 3.8) is 0 Å². The molecule has 2 amide bonds. The second-order valence-electron chi connectivity index (χ2n) is 7.08. The summed E-state index contributed by atoms with van der Waals surface area (Å²) in [5.74, 6) is -3.90. The number of anilines is 1. The number of halogens is 2. The molecule has 0 aliphatic heterocycles. The zero-order chi connectivity index (χ0) is 23.8. The lowest BCUT2D eigenvalue weighted by Gasteiger charge is -2.21. The van der Waals surface area contributed by atoms with Gasteiger partial charge in [-0.2, -0.15) is 0 Å². The summed E-state index contributed by atoms with van der Waals surface area (Å²) in [5.41, 5.74) is 0.210. The number of amides is 2. The molecule has 0 fully saturated rings. The van der Waals surface area contributed by atoms with E-state index in [2.05, 4.69) is 10.6 Å². The molecule has 172 valence electrons. The van der Waals surface area contributed by atoms with Crippen LogP contribution in [-0.4, -0.2) is 44.7 Å². The summed E-state index contributed by atoms with van der Waals surface area (Å²) in [4.78, 5) is 37.1. The summed E-state index contributed by atoms with van der Waals surface area (Å²) in [6.07, 6.45) is 0. The van der Waals surface area contributed by atoms with Crippen LogP contribution in [-0.2, 0) is 14.3 Å². The molecule has 0 radical (unpaired) electrons. The highest BCUT2D eigenvalue weighted by Gasteiger charge is 2.27. The quantitative estimate of drug-likeness (QED) is 0.570. The van der Waals surface area contributed by atoms with Gasteiger partial charge in [0.15, 0.2) is 18.2 Å².